The number of carbonyl (C=O) groups is 1. The Bertz CT molecular complexity index is 715. The molecule has 0 saturated heterocycles. The summed E-state index contributed by atoms with van der Waals surface area (Å²) < 4.78 is 4.82. The Morgan fingerprint density at radius 2 is 1.85 bits per heavy atom. The van der Waals surface area contributed by atoms with Gasteiger partial charge in [0.25, 0.3) is 11.4 Å². The predicted molar refractivity (Wildman–Crippen MR) is 96.8 cm³/mol. The Labute approximate surface area is 151 Å². The van der Waals surface area contributed by atoms with Crippen LogP contribution in [-0.2, 0) is 4.74 Å². The maximum atomic E-state index is 12.0. The molecule has 0 fully saturated rings. The lowest BCUT2D eigenvalue weighted by Crippen LogP contribution is -2.14. The maximum Gasteiger partial charge on any atom is 0.345 e. The minimum absolute atomic E-state index is 0.0378. The van der Waals surface area contributed by atoms with Crippen molar-refractivity contribution in [1.82, 2.24) is 4.90 Å². The summed E-state index contributed by atoms with van der Waals surface area (Å²) in [6, 6.07) is 1.92. The van der Waals surface area contributed by atoms with Gasteiger partial charge in [-0.15, -0.1) is 0 Å². The third-order valence-corrected chi connectivity index (χ3v) is 3.60. The van der Waals surface area contributed by atoms with E-state index in [1.165, 1.54) is 6.08 Å². The van der Waals surface area contributed by atoms with E-state index >= 15 is 0 Å². The minimum atomic E-state index is -0.892. The summed E-state index contributed by atoms with van der Waals surface area (Å²) >= 11 is 0. The molecule has 1 aromatic rings. The molecular weight excluding hydrogens is 342 g/mol. The average Bonchev–Trinajstić information content (AvgIpc) is 2.57. The minimum Gasteiger partial charge on any atom is -0.462 e. The van der Waals surface area contributed by atoms with Crippen LogP contribution < -0.4 is 0 Å². The molecule has 0 radical (unpaired) electrons. The van der Waals surface area contributed by atoms with E-state index in [4.69, 9.17) is 4.74 Å². The number of benzene rings is 1. The van der Waals surface area contributed by atoms with Crippen molar-refractivity contribution in [1.29, 1.82) is 0 Å². The Balaban J connectivity index is 3.31. The molecule has 0 amide bonds. The monoisotopic (exact) mass is 365 g/mol. The fraction of sp³-hybridized carbons (Fsp3) is 0.471. The highest BCUT2D eigenvalue weighted by Crippen LogP contribution is 2.30. The van der Waals surface area contributed by atoms with Gasteiger partial charge in [0.05, 0.1) is 28.1 Å². The Hall–Kier alpha value is -2.97. The second-order valence-corrected chi connectivity index (χ2v) is 6.14. The highest BCUT2D eigenvalue weighted by Gasteiger charge is 2.28. The van der Waals surface area contributed by atoms with Gasteiger partial charge in [0.2, 0.25) is 0 Å². The van der Waals surface area contributed by atoms with Gasteiger partial charge in [-0.1, -0.05) is 13.8 Å². The largest absolute Gasteiger partial charge is 0.462 e. The molecule has 0 aliphatic rings. The number of rotatable bonds is 9. The van der Waals surface area contributed by atoms with Crippen LogP contribution in [0.25, 0.3) is 6.08 Å². The highest BCUT2D eigenvalue weighted by atomic mass is 16.6. The SMILES string of the molecule is CCOC(=O)c1cc(/C=C/N(C)CCC(C)C)c([N+](=O)[O-])cc1[N+](=O)[O-]. The lowest BCUT2D eigenvalue weighted by atomic mass is 10.1. The molecule has 0 saturated carbocycles. The predicted octanol–water partition coefficient (Wildman–Crippen LogP) is 3.63. The van der Waals surface area contributed by atoms with Crippen LogP contribution in [0.5, 0.6) is 0 Å². The van der Waals surface area contributed by atoms with Gasteiger partial charge >= 0.3 is 5.97 Å². The molecule has 0 bridgehead atoms. The van der Waals surface area contributed by atoms with Gasteiger partial charge in [0.1, 0.15) is 5.56 Å². The van der Waals surface area contributed by atoms with Crippen molar-refractivity contribution < 1.29 is 19.4 Å². The number of hydrogen-bond donors (Lipinski definition) is 0. The van der Waals surface area contributed by atoms with Gasteiger partial charge < -0.3 is 9.64 Å². The van der Waals surface area contributed by atoms with E-state index in [0.717, 1.165) is 25.1 Å². The molecule has 0 atom stereocenters. The molecule has 142 valence electrons. The molecule has 9 heteroatoms. The van der Waals surface area contributed by atoms with Crippen molar-refractivity contribution in [2.75, 3.05) is 20.2 Å². The number of nitro benzene ring substituents is 2. The number of nitrogens with zero attached hydrogens (tertiary/aromatic N) is 3. The molecule has 26 heavy (non-hydrogen) atoms. The van der Waals surface area contributed by atoms with Crippen LogP contribution in [0.3, 0.4) is 0 Å². The highest BCUT2D eigenvalue weighted by molar-refractivity contribution is 5.95. The first-order valence-corrected chi connectivity index (χ1v) is 8.19. The average molecular weight is 365 g/mol. The van der Waals surface area contributed by atoms with Gasteiger partial charge in [-0.2, -0.15) is 0 Å². The molecule has 0 aromatic heterocycles. The first kappa shape index (κ1) is 21.1. The van der Waals surface area contributed by atoms with Gasteiger partial charge in [-0.05, 0) is 37.6 Å². The molecule has 0 heterocycles. The quantitative estimate of drug-likeness (QED) is 0.373. The van der Waals surface area contributed by atoms with Crippen LogP contribution in [0.4, 0.5) is 11.4 Å². The van der Waals surface area contributed by atoms with E-state index in [1.807, 2.05) is 11.9 Å². The normalized spacial score (nSPS) is 11.0. The van der Waals surface area contributed by atoms with E-state index in [0.29, 0.717) is 5.92 Å². The molecule has 0 unspecified atom stereocenters. The summed E-state index contributed by atoms with van der Waals surface area (Å²) in [4.78, 5) is 34.8. The van der Waals surface area contributed by atoms with E-state index in [-0.39, 0.29) is 17.7 Å². The van der Waals surface area contributed by atoms with Gasteiger partial charge in [-0.3, -0.25) is 20.2 Å². The molecular formula is C17H23N3O6. The van der Waals surface area contributed by atoms with E-state index in [9.17, 15) is 25.0 Å². The summed E-state index contributed by atoms with van der Waals surface area (Å²) in [7, 11) is 1.82. The second-order valence-electron chi connectivity index (χ2n) is 6.14. The van der Waals surface area contributed by atoms with E-state index < -0.39 is 27.2 Å². The number of carbonyl (C=O) groups excluding carboxylic acids is 1. The number of nitro groups is 2. The van der Waals surface area contributed by atoms with Gasteiger partial charge in [-0.25, -0.2) is 4.79 Å². The smallest absolute Gasteiger partial charge is 0.345 e. The zero-order chi connectivity index (χ0) is 19.9. The Kier molecular flexibility index (Phi) is 7.70. The zero-order valence-electron chi connectivity index (χ0n) is 15.3. The van der Waals surface area contributed by atoms with E-state index in [1.54, 1.807) is 13.1 Å². The van der Waals surface area contributed by atoms with Crippen LogP contribution in [0.15, 0.2) is 18.3 Å². The van der Waals surface area contributed by atoms with Crippen molar-refractivity contribution in [3.8, 4) is 0 Å². The van der Waals surface area contributed by atoms with Crippen LogP contribution in [0.2, 0.25) is 0 Å². The van der Waals surface area contributed by atoms with Crippen LogP contribution in [0, 0.1) is 26.1 Å². The third kappa shape index (κ3) is 5.83. The summed E-state index contributed by atoms with van der Waals surface area (Å²) in [5.74, 6) is -0.383. The molecule has 0 aliphatic carbocycles. The molecule has 1 rings (SSSR count). The first-order chi connectivity index (χ1) is 12.2. The van der Waals surface area contributed by atoms with Crippen molar-refractivity contribution in [2.24, 2.45) is 5.92 Å². The van der Waals surface area contributed by atoms with Crippen molar-refractivity contribution >= 4 is 23.4 Å². The summed E-state index contributed by atoms with van der Waals surface area (Å²) in [6.07, 6.45) is 4.05. The maximum absolute atomic E-state index is 12.0. The molecule has 1 aromatic carbocycles. The van der Waals surface area contributed by atoms with E-state index in [2.05, 4.69) is 13.8 Å². The van der Waals surface area contributed by atoms with Crippen molar-refractivity contribution in [3.63, 3.8) is 0 Å². The van der Waals surface area contributed by atoms with Crippen LogP contribution in [0.1, 0.15) is 43.1 Å². The van der Waals surface area contributed by atoms with Crippen LogP contribution in [-0.4, -0.2) is 40.9 Å². The lowest BCUT2D eigenvalue weighted by Gasteiger charge is -2.15. The fourth-order valence-electron chi connectivity index (χ4n) is 2.15. The molecule has 0 spiro atoms. The summed E-state index contributed by atoms with van der Waals surface area (Å²) in [5, 5.41) is 22.5. The third-order valence-electron chi connectivity index (χ3n) is 3.60. The second kappa shape index (κ2) is 9.50. The number of esters is 1. The molecule has 0 N–H and O–H groups in total. The van der Waals surface area contributed by atoms with Gasteiger partial charge in [0, 0.05) is 13.6 Å². The Morgan fingerprint density at radius 3 is 2.35 bits per heavy atom. The lowest BCUT2D eigenvalue weighted by molar-refractivity contribution is -0.394. The summed E-state index contributed by atoms with van der Waals surface area (Å²) in [5.41, 5.74) is -1.31. The Morgan fingerprint density at radius 1 is 1.23 bits per heavy atom. The first-order valence-electron chi connectivity index (χ1n) is 8.19. The van der Waals surface area contributed by atoms with Gasteiger partial charge in [0.15, 0.2) is 0 Å². The zero-order valence-corrected chi connectivity index (χ0v) is 15.3. The number of ether oxygens (including phenoxy) is 1. The standard InChI is InChI=1S/C17H23N3O6/c1-5-26-17(21)14-10-13(7-9-18(4)8-6-12(2)3)15(19(22)23)11-16(14)20(24)25/h7,9-12H,5-6,8H2,1-4H3/b9-7+. The molecule has 0 aliphatic heterocycles. The van der Waals surface area contributed by atoms with Crippen LogP contribution >= 0.6 is 0 Å². The topological polar surface area (TPSA) is 116 Å². The summed E-state index contributed by atoms with van der Waals surface area (Å²) in [6.45, 7) is 6.53. The molecule has 9 nitrogen and oxygen atoms in total. The van der Waals surface area contributed by atoms with Crippen molar-refractivity contribution in [3.05, 3.63) is 49.7 Å². The van der Waals surface area contributed by atoms with Crippen molar-refractivity contribution in [2.45, 2.75) is 27.2 Å². The fourth-order valence-corrected chi connectivity index (χ4v) is 2.15. The number of hydrogen-bond acceptors (Lipinski definition) is 7.